The van der Waals surface area contributed by atoms with Gasteiger partial charge in [-0.15, -0.1) is 0 Å². The van der Waals surface area contributed by atoms with Crippen LogP contribution in [0.15, 0.2) is 29.2 Å². The van der Waals surface area contributed by atoms with Crippen molar-refractivity contribution < 1.29 is 9.32 Å². The van der Waals surface area contributed by atoms with Gasteiger partial charge in [0.1, 0.15) is 11.0 Å². The predicted molar refractivity (Wildman–Crippen MR) is 97.9 cm³/mol. The molecule has 5 nitrogen and oxygen atoms in total. The minimum atomic E-state index is -1.15. The van der Waals surface area contributed by atoms with Crippen molar-refractivity contribution in [2.45, 2.75) is 43.0 Å². The van der Waals surface area contributed by atoms with Crippen molar-refractivity contribution >= 4 is 16.7 Å². The standard InChI is InChI=1S/C18H29N3O2S/c19-17-3-1-2-4-18(17)24(23)21-12-7-16(8-13-21)20-10-5-15(6-11-20)9-14-22/h1-4,15-16,22H,5-14,19H2. The number of rotatable bonds is 5. The number of anilines is 1. The molecule has 2 saturated heterocycles. The first-order chi connectivity index (χ1) is 11.7. The lowest BCUT2D eigenvalue weighted by molar-refractivity contribution is 0.0902. The summed E-state index contributed by atoms with van der Waals surface area (Å²) in [4.78, 5) is 3.34. The van der Waals surface area contributed by atoms with E-state index in [1.807, 2.05) is 24.3 Å². The van der Waals surface area contributed by atoms with Crippen LogP contribution in [-0.4, -0.2) is 57.3 Å². The van der Waals surface area contributed by atoms with Crippen LogP contribution in [0.3, 0.4) is 0 Å². The maximum atomic E-state index is 12.7. The highest BCUT2D eigenvalue weighted by molar-refractivity contribution is 7.82. The van der Waals surface area contributed by atoms with Gasteiger partial charge in [0.25, 0.3) is 0 Å². The summed E-state index contributed by atoms with van der Waals surface area (Å²) < 4.78 is 14.8. The van der Waals surface area contributed by atoms with E-state index in [4.69, 9.17) is 10.8 Å². The van der Waals surface area contributed by atoms with Gasteiger partial charge in [-0.25, -0.2) is 8.51 Å². The largest absolute Gasteiger partial charge is 0.398 e. The molecular formula is C18H29N3O2S. The number of hydrogen-bond acceptors (Lipinski definition) is 4. The van der Waals surface area contributed by atoms with Crippen LogP contribution in [0.25, 0.3) is 0 Å². The molecule has 134 valence electrons. The van der Waals surface area contributed by atoms with Gasteiger partial charge in [-0.2, -0.15) is 0 Å². The Balaban J connectivity index is 1.49. The van der Waals surface area contributed by atoms with Crippen LogP contribution in [0.2, 0.25) is 0 Å². The highest BCUT2D eigenvalue weighted by Crippen LogP contribution is 2.27. The summed E-state index contributed by atoms with van der Waals surface area (Å²) >= 11 is 0. The van der Waals surface area contributed by atoms with Gasteiger partial charge in [0.15, 0.2) is 0 Å². The van der Waals surface area contributed by atoms with Crippen LogP contribution in [0.1, 0.15) is 32.1 Å². The van der Waals surface area contributed by atoms with Crippen molar-refractivity contribution in [3.63, 3.8) is 0 Å². The molecule has 1 aromatic carbocycles. The molecule has 1 unspecified atom stereocenters. The van der Waals surface area contributed by atoms with E-state index in [2.05, 4.69) is 9.21 Å². The van der Waals surface area contributed by atoms with Crippen molar-refractivity contribution in [2.24, 2.45) is 5.92 Å². The molecule has 0 saturated carbocycles. The van der Waals surface area contributed by atoms with Crippen molar-refractivity contribution in [1.29, 1.82) is 0 Å². The second kappa shape index (κ2) is 8.43. The predicted octanol–water partition coefficient (Wildman–Crippen LogP) is 1.85. The van der Waals surface area contributed by atoms with Gasteiger partial charge in [-0.3, -0.25) is 0 Å². The van der Waals surface area contributed by atoms with E-state index >= 15 is 0 Å². The molecule has 2 heterocycles. The molecule has 0 amide bonds. The molecule has 0 aromatic heterocycles. The molecule has 0 bridgehead atoms. The Bertz CT molecular complexity index is 553. The van der Waals surface area contributed by atoms with Gasteiger partial charge in [0.05, 0.1) is 4.90 Å². The number of aliphatic hydroxyl groups is 1. The third-order valence-electron chi connectivity index (χ3n) is 5.47. The minimum Gasteiger partial charge on any atom is -0.398 e. The lowest BCUT2D eigenvalue weighted by Crippen LogP contribution is -2.48. The number of hydrogen-bond donors (Lipinski definition) is 2. The number of aliphatic hydroxyl groups excluding tert-OH is 1. The van der Waals surface area contributed by atoms with Gasteiger partial charge in [-0.1, -0.05) is 12.1 Å². The third-order valence-corrected chi connectivity index (χ3v) is 7.05. The van der Waals surface area contributed by atoms with Crippen molar-refractivity contribution in [3.8, 4) is 0 Å². The molecule has 6 heteroatoms. The normalized spacial score (nSPS) is 23.4. The fourth-order valence-electron chi connectivity index (χ4n) is 3.94. The number of nitrogens with two attached hydrogens (primary N) is 1. The highest BCUT2D eigenvalue weighted by atomic mass is 32.2. The van der Waals surface area contributed by atoms with E-state index in [-0.39, 0.29) is 0 Å². The molecular weight excluding hydrogens is 322 g/mol. The second-order valence-corrected chi connectivity index (χ2v) is 8.39. The average molecular weight is 352 g/mol. The monoisotopic (exact) mass is 351 g/mol. The summed E-state index contributed by atoms with van der Waals surface area (Å²) in [6, 6.07) is 8.07. The first kappa shape index (κ1) is 17.9. The van der Waals surface area contributed by atoms with Gasteiger partial charge >= 0.3 is 0 Å². The maximum absolute atomic E-state index is 12.7. The Labute approximate surface area is 147 Å². The van der Waals surface area contributed by atoms with Crippen molar-refractivity contribution in [2.75, 3.05) is 38.5 Å². The fraction of sp³-hybridized carbons (Fsp3) is 0.667. The number of nitrogen functional groups attached to an aromatic ring is 1. The number of para-hydroxylation sites is 1. The van der Waals surface area contributed by atoms with Crippen LogP contribution in [0.4, 0.5) is 5.69 Å². The Morgan fingerprint density at radius 2 is 1.75 bits per heavy atom. The lowest BCUT2D eigenvalue weighted by atomic mass is 9.92. The Hall–Kier alpha value is -0.950. The van der Waals surface area contributed by atoms with Crippen LogP contribution in [-0.2, 0) is 11.0 Å². The van der Waals surface area contributed by atoms with E-state index in [0.29, 0.717) is 24.3 Å². The topological polar surface area (TPSA) is 69.8 Å². The van der Waals surface area contributed by atoms with Crippen LogP contribution in [0, 0.1) is 5.92 Å². The van der Waals surface area contributed by atoms with E-state index in [1.165, 1.54) is 12.8 Å². The number of nitrogens with zero attached hydrogens (tertiary/aromatic N) is 2. The third kappa shape index (κ3) is 4.17. The Morgan fingerprint density at radius 1 is 1.08 bits per heavy atom. The Morgan fingerprint density at radius 3 is 2.38 bits per heavy atom. The summed E-state index contributed by atoms with van der Waals surface area (Å²) in [7, 11) is -1.15. The van der Waals surface area contributed by atoms with Gasteiger partial charge in [0.2, 0.25) is 0 Å². The smallest absolute Gasteiger partial charge is 0.129 e. The lowest BCUT2D eigenvalue weighted by Gasteiger charge is -2.41. The number of benzene rings is 1. The van der Waals surface area contributed by atoms with Gasteiger partial charge in [-0.05, 0) is 63.2 Å². The zero-order valence-corrected chi connectivity index (χ0v) is 15.1. The summed E-state index contributed by atoms with van der Waals surface area (Å²) in [6.45, 7) is 4.33. The molecule has 0 radical (unpaired) electrons. The second-order valence-electron chi connectivity index (χ2n) is 6.94. The van der Waals surface area contributed by atoms with Crippen LogP contribution >= 0.6 is 0 Å². The fourth-order valence-corrected chi connectivity index (χ4v) is 5.23. The zero-order valence-electron chi connectivity index (χ0n) is 14.3. The highest BCUT2D eigenvalue weighted by Gasteiger charge is 2.30. The van der Waals surface area contributed by atoms with Crippen LogP contribution < -0.4 is 5.73 Å². The first-order valence-electron chi connectivity index (χ1n) is 9.05. The van der Waals surface area contributed by atoms with Crippen molar-refractivity contribution in [1.82, 2.24) is 9.21 Å². The van der Waals surface area contributed by atoms with E-state index in [9.17, 15) is 4.21 Å². The molecule has 1 aromatic rings. The minimum absolute atomic E-state index is 0.317. The molecule has 0 spiro atoms. The van der Waals surface area contributed by atoms with Crippen LogP contribution in [0.5, 0.6) is 0 Å². The Kier molecular flexibility index (Phi) is 6.27. The molecule has 2 fully saturated rings. The van der Waals surface area contributed by atoms with Crippen molar-refractivity contribution in [3.05, 3.63) is 24.3 Å². The maximum Gasteiger partial charge on any atom is 0.129 e. The summed E-state index contributed by atoms with van der Waals surface area (Å²) in [5.74, 6) is 0.694. The quantitative estimate of drug-likeness (QED) is 0.795. The SMILES string of the molecule is Nc1ccccc1S(=O)N1CCC(N2CCC(CCO)CC2)CC1. The molecule has 3 rings (SSSR count). The van der Waals surface area contributed by atoms with Gasteiger partial charge < -0.3 is 15.7 Å². The first-order valence-corrected chi connectivity index (χ1v) is 10.2. The summed E-state index contributed by atoms with van der Waals surface area (Å²) in [5, 5.41) is 9.07. The summed E-state index contributed by atoms with van der Waals surface area (Å²) in [5.41, 5.74) is 6.58. The van der Waals surface area contributed by atoms with E-state index in [1.54, 1.807) is 0 Å². The molecule has 3 N–H and O–H groups in total. The molecule has 2 aliphatic rings. The molecule has 2 aliphatic heterocycles. The molecule has 1 atom stereocenters. The average Bonchev–Trinajstić information content (AvgIpc) is 2.63. The number of likely N-dealkylation sites (tertiary alicyclic amines) is 1. The summed E-state index contributed by atoms with van der Waals surface area (Å²) in [6.07, 6.45) is 5.50. The van der Waals surface area contributed by atoms with E-state index < -0.39 is 11.0 Å². The molecule has 0 aliphatic carbocycles. The number of piperidine rings is 2. The molecule has 24 heavy (non-hydrogen) atoms. The van der Waals surface area contributed by atoms with E-state index in [0.717, 1.165) is 50.3 Å². The van der Waals surface area contributed by atoms with Gasteiger partial charge in [0, 0.05) is 31.4 Å². The zero-order chi connectivity index (χ0) is 16.9.